The Labute approximate surface area is 319 Å². The summed E-state index contributed by atoms with van der Waals surface area (Å²) in [7, 11) is -3.29. The number of hydrogen-bond acceptors (Lipinski definition) is 7. The van der Waals surface area contributed by atoms with Crippen molar-refractivity contribution in [2.24, 2.45) is 11.8 Å². The van der Waals surface area contributed by atoms with Crippen molar-refractivity contribution in [3.63, 3.8) is 0 Å². The lowest BCUT2D eigenvalue weighted by atomic mass is 10.0. The van der Waals surface area contributed by atoms with Crippen molar-refractivity contribution in [2.45, 2.75) is 89.1 Å². The number of benzene rings is 4. The van der Waals surface area contributed by atoms with E-state index in [2.05, 4.69) is 109 Å². The van der Waals surface area contributed by atoms with E-state index in [-0.39, 0.29) is 0 Å². The Morgan fingerprint density at radius 2 is 0.943 bits per heavy atom. The first-order valence-corrected chi connectivity index (χ1v) is 22.4. The van der Waals surface area contributed by atoms with Gasteiger partial charge >= 0.3 is 18.6 Å². The Morgan fingerprint density at radius 3 is 1.38 bits per heavy atom. The molecule has 4 aromatic carbocycles. The second-order valence-corrected chi connectivity index (χ2v) is 17.7. The summed E-state index contributed by atoms with van der Waals surface area (Å²) in [6.45, 7) is 1.34. The van der Waals surface area contributed by atoms with E-state index in [0.717, 1.165) is 101 Å². The normalized spacial score (nSPS) is 14.2. The van der Waals surface area contributed by atoms with Crippen molar-refractivity contribution in [3.05, 3.63) is 130 Å². The van der Waals surface area contributed by atoms with E-state index in [0.29, 0.717) is 13.2 Å². The minimum absolute atomic E-state index is 0.670. The third-order valence-corrected chi connectivity index (χ3v) is 13.9. The van der Waals surface area contributed by atoms with Crippen LogP contribution in [0.4, 0.5) is 0 Å². The van der Waals surface area contributed by atoms with Gasteiger partial charge in [-0.25, -0.2) is 11.8 Å². The first kappa shape index (κ1) is 38.9. The number of unbranched alkanes of at least 4 members (excludes halogenated alkanes) is 4. The van der Waals surface area contributed by atoms with E-state index in [1.807, 2.05) is 0 Å². The molecule has 0 saturated heterocycles. The number of hydrogen-bond donors (Lipinski definition) is 2. The molecule has 0 unspecified atom stereocenters. The molecule has 0 aromatic heterocycles. The smallest absolute Gasteiger partial charge is 0.394 e. The van der Waals surface area contributed by atoms with E-state index >= 15 is 0 Å². The zero-order valence-corrected chi connectivity index (χ0v) is 32.9. The lowest BCUT2D eigenvalue weighted by molar-refractivity contribution is 0.222. The maximum atomic E-state index is 6.16. The van der Waals surface area contributed by atoms with Crippen molar-refractivity contribution in [3.8, 4) is 11.5 Å². The Morgan fingerprint density at radius 1 is 0.491 bits per heavy atom. The molecule has 0 heterocycles. The third kappa shape index (κ3) is 12.1. The van der Waals surface area contributed by atoms with E-state index in [4.69, 9.17) is 34.4 Å². The average molecular weight is 747 g/mol. The lowest BCUT2D eigenvalue weighted by Gasteiger charge is -2.17. The van der Waals surface area contributed by atoms with Crippen LogP contribution < -0.4 is 21.3 Å². The largest absolute Gasteiger partial charge is 0.494 e. The van der Waals surface area contributed by atoms with Crippen molar-refractivity contribution in [1.29, 1.82) is 0 Å². The molecular formula is C44H54N2O5Si2. The van der Waals surface area contributed by atoms with Gasteiger partial charge in [0.2, 0.25) is 0 Å². The van der Waals surface area contributed by atoms with Crippen LogP contribution in [0, 0.1) is 0 Å². The minimum Gasteiger partial charge on any atom is -0.494 e. The minimum atomic E-state index is -1.65. The molecule has 2 aliphatic carbocycles. The van der Waals surface area contributed by atoms with Crippen LogP contribution in [-0.2, 0) is 26.0 Å². The molecule has 0 atom stereocenters. The Kier molecular flexibility index (Phi) is 15.5. The van der Waals surface area contributed by atoms with Crippen LogP contribution in [0.3, 0.4) is 0 Å². The second kappa shape index (κ2) is 21.2. The van der Waals surface area contributed by atoms with E-state index in [1.165, 1.54) is 44.5 Å². The summed E-state index contributed by atoms with van der Waals surface area (Å²) in [4.78, 5) is 0. The highest BCUT2D eigenvalue weighted by Gasteiger charge is 2.24. The first-order valence-electron chi connectivity index (χ1n) is 19.3. The van der Waals surface area contributed by atoms with Crippen molar-refractivity contribution in [2.75, 3.05) is 13.2 Å². The molecule has 4 aromatic rings. The number of aryl methyl sites for hydroxylation is 2. The van der Waals surface area contributed by atoms with Gasteiger partial charge in [-0.3, -0.25) is 0 Å². The molecule has 278 valence electrons. The van der Waals surface area contributed by atoms with Gasteiger partial charge in [0.1, 0.15) is 11.5 Å². The molecule has 53 heavy (non-hydrogen) atoms. The standard InChI is InChI=1S/C44H54N2O5Si2/c45-49-52(29-11-3-9-27-47-43-25-23-37-19-13-21-39(31-41(37)33-43)35-15-5-1-6-16-35)51-53(50-46)30-12-4-10-28-48-44-26-24-38-20-14-22-40(32-42(38)34-44)36-17-7-2-8-18-36/h1-2,5-8,15-18,23-26,31-34H,3-4,9-14,19-22,27-30,45-46H2. The molecule has 0 fully saturated rings. The molecule has 6 rings (SSSR count). The van der Waals surface area contributed by atoms with Crippen LogP contribution in [0.5, 0.6) is 11.5 Å². The van der Waals surface area contributed by atoms with Crippen LogP contribution in [-0.4, -0.2) is 31.8 Å². The van der Waals surface area contributed by atoms with E-state index in [9.17, 15) is 0 Å². The average Bonchev–Trinajstić information content (AvgIpc) is 3.56. The predicted molar refractivity (Wildman–Crippen MR) is 219 cm³/mol. The molecule has 0 spiro atoms. The second-order valence-electron chi connectivity index (χ2n) is 13.9. The maximum absolute atomic E-state index is 6.16. The van der Waals surface area contributed by atoms with E-state index in [1.54, 1.807) is 0 Å². The molecule has 4 N–H and O–H groups in total. The number of ether oxygens (including phenoxy) is 2. The number of allylic oxidation sites excluding steroid dienone is 2. The van der Waals surface area contributed by atoms with Gasteiger partial charge in [-0.1, -0.05) is 111 Å². The Balaban J connectivity index is 0.851. The topological polar surface area (TPSA) is 98.2 Å². The zero-order chi connectivity index (χ0) is 36.5. The monoisotopic (exact) mass is 746 g/mol. The molecule has 2 radical (unpaired) electrons. The lowest BCUT2D eigenvalue weighted by Crippen LogP contribution is -2.37. The van der Waals surface area contributed by atoms with Gasteiger partial charge in [-0.2, -0.15) is 0 Å². The van der Waals surface area contributed by atoms with Gasteiger partial charge < -0.3 is 22.6 Å². The predicted octanol–water partition coefficient (Wildman–Crippen LogP) is 10.0. The zero-order valence-electron chi connectivity index (χ0n) is 30.9. The summed E-state index contributed by atoms with van der Waals surface area (Å²) in [6, 6.07) is 36.0. The fourth-order valence-electron chi connectivity index (χ4n) is 7.14. The molecular weight excluding hydrogens is 693 g/mol. The van der Waals surface area contributed by atoms with Gasteiger partial charge in [-0.05, 0) is 132 Å². The number of nitrogens with two attached hydrogens (primary N) is 2. The van der Waals surface area contributed by atoms with Crippen LogP contribution in [0.1, 0.15) is 97.6 Å². The molecule has 0 bridgehead atoms. The van der Waals surface area contributed by atoms with Crippen molar-refractivity contribution in [1.82, 2.24) is 0 Å². The van der Waals surface area contributed by atoms with Crippen LogP contribution in [0.2, 0.25) is 12.1 Å². The molecule has 0 saturated carbocycles. The highest BCUT2D eigenvalue weighted by atomic mass is 28.4. The van der Waals surface area contributed by atoms with Crippen molar-refractivity contribution >= 4 is 41.9 Å². The SMILES string of the molecule is NO[Si](CCCCCOc1ccc2c(c1)C=C(c1ccccc1)CCC2)O[Si](CCCCCOc1ccc2c(c1)C=C(c1ccccc1)CCC2)ON. The van der Waals surface area contributed by atoms with E-state index < -0.39 is 18.6 Å². The van der Waals surface area contributed by atoms with Crippen LogP contribution >= 0.6 is 0 Å². The fourth-order valence-corrected chi connectivity index (χ4v) is 10.7. The van der Waals surface area contributed by atoms with Gasteiger partial charge in [-0.15, -0.1) is 0 Å². The van der Waals surface area contributed by atoms with Gasteiger partial charge in [0.15, 0.2) is 0 Å². The summed E-state index contributed by atoms with van der Waals surface area (Å²) < 4.78 is 29.0. The Hall–Kier alpha value is -3.81. The van der Waals surface area contributed by atoms with Gasteiger partial charge in [0.25, 0.3) is 0 Å². The summed E-state index contributed by atoms with van der Waals surface area (Å²) in [5.41, 5.74) is 10.7. The fraction of sp³-hybridized carbons (Fsp3) is 0.364. The van der Waals surface area contributed by atoms with Gasteiger partial charge in [0, 0.05) is 0 Å². The molecule has 2 aliphatic rings. The summed E-state index contributed by atoms with van der Waals surface area (Å²) in [5.74, 6) is 13.1. The molecule has 7 nitrogen and oxygen atoms in total. The summed E-state index contributed by atoms with van der Waals surface area (Å²) in [6.07, 6.45) is 17.2. The molecule has 9 heteroatoms. The quantitative estimate of drug-likeness (QED) is 0.0528. The van der Waals surface area contributed by atoms with Gasteiger partial charge in [0.05, 0.1) is 13.2 Å². The molecule has 0 amide bonds. The van der Waals surface area contributed by atoms with Crippen LogP contribution in [0.15, 0.2) is 97.1 Å². The summed E-state index contributed by atoms with van der Waals surface area (Å²) >= 11 is 0. The number of rotatable bonds is 20. The third-order valence-electron chi connectivity index (χ3n) is 10.0. The van der Waals surface area contributed by atoms with Crippen molar-refractivity contribution < 1.29 is 22.6 Å². The Bertz CT molecular complexity index is 1640. The summed E-state index contributed by atoms with van der Waals surface area (Å²) in [5, 5.41) is 0. The number of fused-ring (bicyclic) bond motifs is 2. The highest BCUT2D eigenvalue weighted by molar-refractivity contribution is 6.59. The van der Waals surface area contributed by atoms with Crippen LogP contribution in [0.25, 0.3) is 23.3 Å². The highest BCUT2D eigenvalue weighted by Crippen LogP contribution is 2.33. The molecule has 0 aliphatic heterocycles. The maximum Gasteiger partial charge on any atom is 0.394 e. The first-order chi connectivity index (χ1) is 26.2.